The molecule has 0 saturated carbocycles. The lowest BCUT2D eigenvalue weighted by Gasteiger charge is -2.28. The fraction of sp³-hybridized carbons (Fsp3) is 0.417. The van der Waals surface area contributed by atoms with Crippen molar-refractivity contribution >= 4 is 17.6 Å². The third-order valence-corrected chi connectivity index (χ3v) is 2.94. The number of likely N-dealkylation sites (tertiary alicyclic amines) is 1. The minimum Gasteiger partial charge on any atom is -0.495 e. The molecule has 0 radical (unpaired) electrons. The fourth-order valence-corrected chi connectivity index (χ4v) is 1.81. The van der Waals surface area contributed by atoms with Gasteiger partial charge in [-0.3, -0.25) is 14.5 Å². The molecule has 1 fully saturated rings. The van der Waals surface area contributed by atoms with Crippen LogP contribution in [0.25, 0.3) is 0 Å². The molecule has 2 amide bonds. The molecule has 6 heteroatoms. The molecule has 0 spiro atoms. The van der Waals surface area contributed by atoms with Crippen LogP contribution in [0.3, 0.4) is 0 Å². The van der Waals surface area contributed by atoms with E-state index in [0.717, 1.165) is 4.90 Å². The number of nitrogens with one attached hydrogen (secondary N) is 1. The Kier molecular flexibility index (Phi) is 3.45. The highest BCUT2D eigenvalue weighted by Crippen LogP contribution is 2.17. The van der Waals surface area contributed by atoms with E-state index in [4.69, 9.17) is 4.74 Å². The lowest BCUT2D eigenvalue weighted by Crippen LogP contribution is -2.48. The number of aromatic nitrogens is 1. The molecule has 0 aliphatic carbocycles. The fourth-order valence-electron chi connectivity index (χ4n) is 1.81. The summed E-state index contributed by atoms with van der Waals surface area (Å²) in [5.41, 5.74) is 0. The van der Waals surface area contributed by atoms with E-state index in [-0.39, 0.29) is 11.8 Å². The largest absolute Gasteiger partial charge is 0.495 e. The zero-order chi connectivity index (χ0) is 13.1. The van der Waals surface area contributed by atoms with E-state index in [1.165, 1.54) is 7.05 Å². The smallest absolute Gasteiger partial charge is 0.251 e. The predicted octanol–water partition coefficient (Wildman–Crippen LogP) is 0.649. The van der Waals surface area contributed by atoms with Crippen molar-refractivity contribution in [2.24, 2.45) is 0 Å². The number of hydrogen-bond donors (Lipinski definition) is 1. The molecule has 1 aromatic heterocycles. The van der Waals surface area contributed by atoms with Crippen molar-refractivity contribution in [3.8, 4) is 5.75 Å². The summed E-state index contributed by atoms with van der Waals surface area (Å²) >= 11 is 0. The molecular formula is C12H15N3O3. The van der Waals surface area contributed by atoms with Gasteiger partial charge in [0.15, 0.2) is 0 Å². The Morgan fingerprint density at radius 1 is 1.44 bits per heavy atom. The first-order chi connectivity index (χ1) is 8.61. The highest BCUT2D eigenvalue weighted by atomic mass is 16.5. The monoisotopic (exact) mass is 249 g/mol. The average molecular weight is 249 g/mol. The van der Waals surface area contributed by atoms with E-state index >= 15 is 0 Å². The maximum atomic E-state index is 11.9. The molecule has 1 atom stereocenters. The number of likely N-dealkylation sites (N-methyl/N-ethyl adjacent to an activating group) is 1. The molecule has 1 unspecified atom stereocenters. The number of piperidine rings is 1. The van der Waals surface area contributed by atoms with Crippen LogP contribution in [0.2, 0.25) is 0 Å². The van der Waals surface area contributed by atoms with Gasteiger partial charge in [0.25, 0.3) is 5.91 Å². The Balaban J connectivity index is 2.04. The van der Waals surface area contributed by atoms with Crippen molar-refractivity contribution in [1.29, 1.82) is 0 Å². The summed E-state index contributed by atoms with van der Waals surface area (Å²) in [5, 5.41) is 3.02. The molecule has 1 saturated heterocycles. The Morgan fingerprint density at radius 2 is 2.22 bits per heavy atom. The molecule has 18 heavy (non-hydrogen) atoms. The van der Waals surface area contributed by atoms with Crippen LogP contribution < -0.4 is 10.1 Å². The predicted molar refractivity (Wildman–Crippen MR) is 65.2 cm³/mol. The Hall–Kier alpha value is -2.11. The normalized spacial score (nSPS) is 19.9. The molecule has 0 bridgehead atoms. The summed E-state index contributed by atoms with van der Waals surface area (Å²) < 4.78 is 5.00. The summed E-state index contributed by atoms with van der Waals surface area (Å²) in [4.78, 5) is 28.5. The Morgan fingerprint density at radius 3 is 2.83 bits per heavy atom. The first-order valence-corrected chi connectivity index (χ1v) is 5.69. The second kappa shape index (κ2) is 5.03. The number of carbonyl (C=O) groups excluding carboxylic acids is 2. The maximum absolute atomic E-state index is 11.9. The number of ether oxygens (including phenoxy) is 1. The van der Waals surface area contributed by atoms with Crippen molar-refractivity contribution < 1.29 is 14.3 Å². The molecule has 0 aromatic carbocycles. The van der Waals surface area contributed by atoms with Crippen LogP contribution >= 0.6 is 0 Å². The van der Waals surface area contributed by atoms with Crippen LogP contribution in [0, 0.1) is 0 Å². The van der Waals surface area contributed by atoms with Crippen LogP contribution in [0.4, 0.5) is 5.82 Å². The van der Waals surface area contributed by atoms with Crippen molar-refractivity contribution in [1.82, 2.24) is 9.88 Å². The first-order valence-electron chi connectivity index (χ1n) is 5.69. The van der Waals surface area contributed by atoms with Crippen molar-refractivity contribution in [2.75, 3.05) is 19.5 Å². The van der Waals surface area contributed by atoms with Gasteiger partial charge in [-0.2, -0.15) is 0 Å². The van der Waals surface area contributed by atoms with E-state index in [1.807, 2.05) is 0 Å². The van der Waals surface area contributed by atoms with E-state index < -0.39 is 6.04 Å². The molecular weight excluding hydrogens is 234 g/mol. The minimum atomic E-state index is -0.395. The number of carbonyl (C=O) groups is 2. The summed E-state index contributed by atoms with van der Waals surface area (Å²) in [6, 6.07) is 3.11. The molecule has 2 heterocycles. The highest BCUT2D eigenvalue weighted by Gasteiger charge is 2.31. The van der Waals surface area contributed by atoms with Crippen LogP contribution in [0.1, 0.15) is 12.8 Å². The van der Waals surface area contributed by atoms with E-state index in [1.54, 1.807) is 25.4 Å². The number of pyridine rings is 1. The average Bonchev–Trinajstić information content (AvgIpc) is 2.40. The second-order valence-corrected chi connectivity index (χ2v) is 4.11. The number of amides is 2. The molecule has 2 rings (SSSR count). The van der Waals surface area contributed by atoms with Gasteiger partial charge >= 0.3 is 0 Å². The topological polar surface area (TPSA) is 71.5 Å². The molecule has 1 aliphatic rings. The zero-order valence-electron chi connectivity index (χ0n) is 10.3. The van der Waals surface area contributed by atoms with Crippen LogP contribution in [-0.2, 0) is 9.59 Å². The van der Waals surface area contributed by atoms with Crippen LogP contribution in [0.15, 0.2) is 18.3 Å². The van der Waals surface area contributed by atoms with E-state index in [2.05, 4.69) is 10.3 Å². The van der Waals surface area contributed by atoms with Crippen molar-refractivity contribution in [3.05, 3.63) is 18.3 Å². The summed E-state index contributed by atoms with van der Waals surface area (Å²) in [6.45, 7) is 0. The Bertz CT molecular complexity index is 458. The van der Waals surface area contributed by atoms with Gasteiger partial charge in [-0.15, -0.1) is 0 Å². The number of anilines is 1. The van der Waals surface area contributed by atoms with Gasteiger partial charge in [-0.1, -0.05) is 0 Å². The summed E-state index contributed by atoms with van der Waals surface area (Å²) in [5.74, 6) is 0.893. The second-order valence-electron chi connectivity index (χ2n) is 4.11. The molecule has 1 aromatic rings. The standard InChI is InChI=1S/C12H15N3O3/c1-15-11(16)6-4-9(12(15)17)14-10-5-3-8(18-2)7-13-10/h3,5,7,9H,4,6H2,1-2H3,(H,13,14). The van der Waals surface area contributed by atoms with Gasteiger partial charge in [0.2, 0.25) is 5.91 Å². The number of rotatable bonds is 3. The van der Waals surface area contributed by atoms with Gasteiger partial charge in [0, 0.05) is 13.5 Å². The number of imide groups is 1. The van der Waals surface area contributed by atoms with Gasteiger partial charge in [0.1, 0.15) is 17.6 Å². The van der Waals surface area contributed by atoms with Gasteiger partial charge < -0.3 is 10.1 Å². The third-order valence-electron chi connectivity index (χ3n) is 2.94. The quantitative estimate of drug-likeness (QED) is 0.796. The third kappa shape index (κ3) is 2.42. The molecule has 1 N–H and O–H groups in total. The highest BCUT2D eigenvalue weighted by molar-refractivity contribution is 6.01. The van der Waals surface area contributed by atoms with E-state index in [0.29, 0.717) is 24.4 Å². The minimum absolute atomic E-state index is 0.138. The van der Waals surface area contributed by atoms with Gasteiger partial charge in [0.05, 0.1) is 13.3 Å². The molecule has 1 aliphatic heterocycles. The van der Waals surface area contributed by atoms with Crippen molar-refractivity contribution in [2.45, 2.75) is 18.9 Å². The lowest BCUT2D eigenvalue weighted by molar-refractivity contribution is -0.146. The zero-order valence-corrected chi connectivity index (χ0v) is 10.3. The lowest BCUT2D eigenvalue weighted by atomic mass is 10.0. The Labute approximate surface area is 105 Å². The SMILES string of the molecule is COc1ccc(NC2CCC(=O)N(C)C2=O)nc1. The molecule has 96 valence electrons. The van der Waals surface area contributed by atoms with Crippen molar-refractivity contribution in [3.63, 3.8) is 0 Å². The van der Waals surface area contributed by atoms with E-state index in [9.17, 15) is 9.59 Å². The van der Waals surface area contributed by atoms with Gasteiger partial charge in [-0.05, 0) is 18.6 Å². The maximum Gasteiger partial charge on any atom is 0.251 e. The number of hydrogen-bond acceptors (Lipinski definition) is 5. The van der Waals surface area contributed by atoms with Crippen LogP contribution in [0.5, 0.6) is 5.75 Å². The first kappa shape index (κ1) is 12.3. The van der Waals surface area contributed by atoms with Crippen LogP contribution in [-0.4, -0.2) is 41.9 Å². The number of nitrogens with zero attached hydrogens (tertiary/aromatic N) is 2. The molecule has 6 nitrogen and oxygen atoms in total. The summed E-state index contributed by atoms with van der Waals surface area (Å²) in [7, 11) is 3.06. The summed E-state index contributed by atoms with van der Waals surface area (Å²) in [6.07, 6.45) is 2.44. The number of methoxy groups -OCH3 is 1. The van der Waals surface area contributed by atoms with Gasteiger partial charge in [-0.25, -0.2) is 4.98 Å².